The number of ether oxygens (including phenoxy) is 2. The molecule has 4 heteroatoms. The second-order valence-electron chi connectivity index (χ2n) is 5.82. The van der Waals surface area contributed by atoms with Crippen LogP contribution in [0.25, 0.3) is 0 Å². The summed E-state index contributed by atoms with van der Waals surface area (Å²) >= 11 is 0. The Kier molecular flexibility index (Phi) is 6.24. The average Bonchev–Trinajstić information content (AvgIpc) is 2.60. The SMILES string of the molecule is CCc1ccc(OCC(=O)N[C@H](C)c2cc(C)ccc2OC)cc1. The van der Waals surface area contributed by atoms with Crippen molar-refractivity contribution in [2.75, 3.05) is 13.7 Å². The highest BCUT2D eigenvalue weighted by Gasteiger charge is 2.14. The second kappa shape index (κ2) is 8.39. The van der Waals surface area contributed by atoms with Crippen molar-refractivity contribution in [1.29, 1.82) is 0 Å². The van der Waals surface area contributed by atoms with Crippen molar-refractivity contribution in [3.8, 4) is 11.5 Å². The van der Waals surface area contributed by atoms with Crippen molar-refractivity contribution >= 4 is 5.91 Å². The van der Waals surface area contributed by atoms with Gasteiger partial charge in [-0.05, 0) is 44.0 Å². The van der Waals surface area contributed by atoms with Gasteiger partial charge >= 0.3 is 0 Å². The van der Waals surface area contributed by atoms with Crippen LogP contribution in [-0.4, -0.2) is 19.6 Å². The van der Waals surface area contributed by atoms with Crippen molar-refractivity contribution in [2.45, 2.75) is 33.2 Å². The van der Waals surface area contributed by atoms with E-state index in [1.807, 2.05) is 56.3 Å². The third-order valence-electron chi connectivity index (χ3n) is 3.93. The number of amides is 1. The van der Waals surface area contributed by atoms with Crippen LogP contribution in [0, 0.1) is 6.92 Å². The molecule has 2 rings (SSSR count). The summed E-state index contributed by atoms with van der Waals surface area (Å²) in [6, 6.07) is 13.6. The van der Waals surface area contributed by atoms with Gasteiger partial charge in [-0.2, -0.15) is 0 Å². The molecule has 0 aromatic heterocycles. The van der Waals surface area contributed by atoms with Crippen LogP contribution in [0.1, 0.15) is 36.6 Å². The topological polar surface area (TPSA) is 47.6 Å². The van der Waals surface area contributed by atoms with Gasteiger partial charge in [-0.25, -0.2) is 0 Å². The summed E-state index contributed by atoms with van der Waals surface area (Å²) < 4.78 is 10.9. The average molecular weight is 327 g/mol. The smallest absolute Gasteiger partial charge is 0.258 e. The molecule has 4 nitrogen and oxygen atoms in total. The quantitative estimate of drug-likeness (QED) is 0.841. The van der Waals surface area contributed by atoms with E-state index in [1.54, 1.807) is 7.11 Å². The highest BCUT2D eigenvalue weighted by molar-refractivity contribution is 5.78. The van der Waals surface area contributed by atoms with E-state index < -0.39 is 0 Å². The largest absolute Gasteiger partial charge is 0.496 e. The molecule has 0 unspecified atom stereocenters. The van der Waals surface area contributed by atoms with Gasteiger partial charge < -0.3 is 14.8 Å². The molecule has 2 aromatic carbocycles. The number of benzene rings is 2. The van der Waals surface area contributed by atoms with Gasteiger partial charge in [0.1, 0.15) is 11.5 Å². The summed E-state index contributed by atoms with van der Waals surface area (Å²) in [4.78, 5) is 12.1. The van der Waals surface area contributed by atoms with Gasteiger partial charge in [-0.15, -0.1) is 0 Å². The molecule has 0 aliphatic carbocycles. The van der Waals surface area contributed by atoms with Gasteiger partial charge in [0, 0.05) is 5.56 Å². The van der Waals surface area contributed by atoms with Gasteiger partial charge in [0.15, 0.2) is 6.61 Å². The van der Waals surface area contributed by atoms with Crippen LogP contribution in [0.4, 0.5) is 0 Å². The fourth-order valence-electron chi connectivity index (χ4n) is 2.52. The standard InChI is InChI=1S/C20H25NO3/c1-5-16-7-9-17(10-8-16)24-13-20(22)21-15(3)18-12-14(2)6-11-19(18)23-4/h6-12,15H,5,13H2,1-4H3,(H,21,22)/t15-/m1/s1. The Morgan fingerprint density at radius 1 is 1.17 bits per heavy atom. The van der Waals surface area contributed by atoms with Gasteiger partial charge in [0.25, 0.3) is 5.91 Å². The molecule has 0 saturated carbocycles. The predicted molar refractivity (Wildman–Crippen MR) is 95.6 cm³/mol. The van der Waals surface area contributed by atoms with Gasteiger partial charge in [-0.1, -0.05) is 36.8 Å². The van der Waals surface area contributed by atoms with E-state index in [4.69, 9.17) is 9.47 Å². The van der Waals surface area contributed by atoms with Crippen LogP contribution < -0.4 is 14.8 Å². The highest BCUT2D eigenvalue weighted by atomic mass is 16.5. The Hall–Kier alpha value is -2.49. The third kappa shape index (κ3) is 4.75. The third-order valence-corrected chi connectivity index (χ3v) is 3.93. The number of carbonyl (C=O) groups excluding carboxylic acids is 1. The molecule has 0 aliphatic rings. The lowest BCUT2D eigenvalue weighted by Crippen LogP contribution is -2.31. The van der Waals surface area contributed by atoms with Crippen molar-refractivity contribution in [1.82, 2.24) is 5.32 Å². The first-order valence-electron chi connectivity index (χ1n) is 8.19. The van der Waals surface area contributed by atoms with Crippen molar-refractivity contribution in [3.05, 3.63) is 59.2 Å². The monoisotopic (exact) mass is 327 g/mol. The Bertz CT molecular complexity index is 680. The summed E-state index contributed by atoms with van der Waals surface area (Å²) in [6.07, 6.45) is 0.983. The lowest BCUT2D eigenvalue weighted by Gasteiger charge is -2.18. The zero-order valence-corrected chi connectivity index (χ0v) is 14.8. The van der Waals surface area contributed by atoms with Crippen LogP contribution in [0.15, 0.2) is 42.5 Å². The first-order chi connectivity index (χ1) is 11.5. The zero-order chi connectivity index (χ0) is 17.5. The Labute approximate surface area is 143 Å². The number of aryl methyl sites for hydroxylation is 2. The van der Waals surface area contributed by atoms with Crippen LogP contribution in [-0.2, 0) is 11.2 Å². The molecule has 2 aromatic rings. The predicted octanol–water partition coefficient (Wildman–Crippen LogP) is 3.82. The van der Waals surface area contributed by atoms with E-state index in [-0.39, 0.29) is 18.6 Å². The maximum absolute atomic E-state index is 12.1. The molecule has 0 aliphatic heterocycles. The zero-order valence-electron chi connectivity index (χ0n) is 14.8. The fraction of sp³-hybridized carbons (Fsp3) is 0.350. The first kappa shape index (κ1) is 17.9. The molecular formula is C20H25NO3. The van der Waals surface area contributed by atoms with E-state index in [0.717, 1.165) is 23.3 Å². The Morgan fingerprint density at radius 3 is 2.50 bits per heavy atom. The highest BCUT2D eigenvalue weighted by Crippen LogP contribution is 2.26. The number of hydrogen-bond donors (Lipinski definition) is 1. The molecule has 1 atom stereocenters. The maximum Gasteiger partial charge on any atom is 0.258 e. The molecule has 24 heavy (non-hydrogen) atoms. The number of nitrogens with one attached hydrogen (secondary N) is 1. The summed E-state index contributed by atoms with van der Waals surface area (Å²) in [5.74, 6) is 1.30. The normalized spacial score (nSPS) is 11.7. The molecular weight excluding hydrogens is 302 g/mol. The summed E-state index contributed by atoms with van der Waals surface area (Å²) in [6.45, 7) is 6.04. The lowest BCUT2D eigenvalue weighted by molar-refractivity contribution is -0.123. The fourth-order valence-corrected chi connectivity index (χ4v) is 2.52. The Balaban J connectivity index is 1.92. The number of methoxy groups -OCH3 is 1. The van der Waals surface area contributed by atoms with Gasteiger partial charge in [-0.3, -0.25) is 4.79 Å². The molecule has 1 N–H and O–H groups in total. The van der Waals surface area contributed by atoms with Crippen LogP contribution >= 0.6 is 0 Å². The molecule has 0 radical (unpaired) electrons. The Morgan fingerprint density at radius 2 is 1.88 bits per heavy atom. The first-order valence-corrected chi connectivity index (χ1v) is 8.19. The van der Waals surface area contributed by atoms with E-state index in [0.29, 0.717) is 5.75 Å². The summed E-state index contributed by atoms with van der Waals surface area (Å²) in [7, 11) is 1.63. The van der Waals surface area contributed by atoms with E-state index >= 15 is 0 Å². The van der Waals surface area contributed by atoms with Crippen molar-refractivity contribution in [2.24, 2.45) is 0 Å². The van der Waals surface area contributed by atoms with E-state index in [2.05, 4.69) is 12.2 Å². The molecule has 0 heterocycles. The van der Waals surface area contributed by atoms with Gasteiger partial charge in [0.2, 0.25) is 0 Å². The summed E-state index contributed by atoms with van der Waals surface area (Å²) in [5.41, 5.74) is 3.32. The van der Waals surface area contributed by atoms with Crippen LogP contribution in [0.3, 0.4) is 0 Å². The van der Waals surface area contributed by atoms with E-state index in [9.17, 15) is 4.79 Å². The molecule has 128 valence electrons. The second-order valence-corrected chi connectivity index (χ2v) is 5.82. The summed E-state index contributed by atoms with van der Waals surface area (Å²) in [5, 5.41) is 2.95. The van der Waals surface area contributed by atoms with E-state index in [1.165, 1.54) is 5.56 Å². The van der Waals surface area contributed by atoms with Crippen LogP contribution in [0.5, 0.6) is 11.5 Å². The molecule has 0 spiro atoms. The molecule has 0 bridgehead atoms. The number of carbonyl (C=O) groups is 1. The van der Waals surface area contributed by atoms with Crippen molar-refractivity contribution < 1.29 is 14.3 Å². The minimum atomic E-state index is -0.161. The van der Waals surface area contributed by atoms with Crippen molar-refractivity contribution in [3.63, 3.8) is 0 Å². The maximum atomic E-state index is 12.1. The minimum Gasteiger partial charge on any atom is -0.496 e. The molecule has 0 saturated heterocycles. The van der Waals surface area contributed by atoms with Gasteiger partial charge in [0.05, 0.1) is 13.2 Å². The number of hydrogen-bond acceptors (Lipinski definition) is 3. The molecule has 0 fully saturated rings. The molecule has 1 amide bonds. The minimum absolute atomic E-state index is 0.00998. The lowest BCUT2D eigenvalue weighted by atomic mass is 10.0. The number of rotatable bonds is 7. The van der Waals surface area contributed by atoms with Crippen LogP contribution in [0.2, 0.25) is 0 Å².